The minimum absolute atomic E-state index is 0.0151. The molecule has 1 saturated heterocycles. The highest BCUT2D eigenvalue weighted by atomic mass is 17.0. The second-order valence-electron chi connectivity index (χ2n) is 6.51. The van der Waals surface area contributed by atoms with E-state index >= 15 is 0 Å². The quantitative estimate of drug-likeness (QED) is 0.296. The molecule has 3 atom stereocenters. The third-order valence-corrected chi connectivity index (χ3v) is 4.57. The molecule has 0 aliphatic carbocycles. The first kappa shape index (κ1) is 20.2. The normalized spacial score (nSPS) is 20.3. The summed E-state index contributed by atoms with van der Waals surface area (Å²) in [6.45, 7) is -0.290. The average Bonchev–Trinajstić information content (AvgIpc) is 3.43. The summed E-state index contributed by atoms with van der Waals surface area (Å²) in [7, 11) is 0. The largest absolute Gasteiger partial charge is 0.459 e. The lowest BCUT2D eigenvalue weighted by Crippen LogP contribution is -2.32. The molecule has 0 saturated carbocycles. The maximum absolute atomic E-state index is 12.5. The van der Waals surface area contributed by atoms with E-state index in [0.717, 1.165) is 0 Å². The maximum Gasteiger partial charge on any atom is 0.351 e. The Kier molecular flexibility index (Phi) is 5.66. The Morgan fingerprint density at radius 2 is 2.10 bits per heavy atom. The lowest BCUT2D eigenvalue weighted by atomic mass is 10.2. The number of benzene rings is 1. The van der Waals surface area contributed by atoms with Gasteiger partial charge < -0.3 is 14.3 Å². The smallest absolute Gasteiger partial charge is 0.351 e. The van der Waals surface area contributed by atoms with Crippen molar-refractivity contribution in [3.63, 3.8) is 0 Å². The van der Waals surface area contributed by atoms with E-state index in [2.05, 4.69) is 19.9 Å². The van der Waals surface area contributed by atoms with E-state index in [1.54, 1.807) is 30.3 Å². The average molecular weight is 428 g/mol. The molecule has 13 heteroatoms. The van der Waals surface area contributed by atoms with Gasteiger partial charge in [-0.1, -0.05) is 18.2 Å². The van der Waals surface area contributed by atoms with Gasteiger partial charge in [-0.25, -0.2) is 19.3 Å². The van der Waals surface area contributed by atoms with Crippen LogP contribution in [0.5, 0.6) is 0 Å². The van der Waals surface area contributed by atoms with E-state index in [1.807, 2.05) is 0 Å². The zero-order valence-corrected chi connectivity index (χ0v) is 15.9. The van der Waals surface area contributed by atoms with E-state index in [-0.39, 0.29) is 18.8 Å². The van der Waals surface area contributed by atoms with Gasteiger partial charge in [-0.05, 0) is 18.2 Å². The SMILES string of the molecule is O=C(OC[C@H]1O[C@@H](n2ccc(-n3cncn3)nc2=O)C[C@@H]1O[N+](=O)[O-])c1ccccc1. The number of nitrogens with zero attached hydrogens (tertiary/aromatic N) is 6. The number of rotatable bonds is 7. The summed E-state index contributed by atoms with van der Waals surface area (Å²) in [6, 6.07) is 9.79. The Labute approximate surface area is 173 Å². The van der Waals surface area contributed by atoms with Crippen LogP contribution in [0.1, 0.15) is 23.0 Å². The first-order chi connectivity index (χ1) is 15.0. The molecule has 3 heterocycles. The van der Waals surface area contributed by atoms with Gasteiger partial charge in [0, 0.05) is 12.6 Å². The summed E-state index contributed by atoms with van der Waals surface area (Å²) in [6.07, 6.45) is 1.22. The molecule has 0 N–H and O–H groups in total. The van der Waals surface area contributed by atoms with Gasteiger partial charge in [0.05, 0.1) is 5.56 Å². The highest BCUT2D eigenvalue weighted by Crippen LogP contribution is 2.30. The molecule has 0 spiro atoms. The van der Waals surface area contributed by atoms with Gasteiger partial charge in [0.15, 0.2) is 5.82 Å². The van der Waals surface area contributed by atoms with Gasteiger partial charge in [-0.3, -0.25) is 4.57 Å². The highest BCUT2D eigenvalue weighted by Gasteiger charge is 2.40. The lowest BCUT2D eigenvalue weighted by molar-refractivity contribution is -0.769. The number of carbonyl (C=O) groups excluding carboxylic acids is 1. The van der Waals surface area contributed by atoms with Crippen molar-refractivity contribution in [1.82, 2.24) is 24.3 Å². The van der Waals surface area contributed by atoms with Crippen molar-refractivity contribution in [2.75, 3.05) is 6.61 Å². The van der Waals surface area contributed by atoms with Crippen LogP contribution in [0.4, 0.5) is 0 Å². The first-order valence-corrected chi connectivity index (χ1v) is 9.14. The van der Waals surface area contributed by atoms with Crippen LogP contribution in [0.25, 0.3) is 5.82 Å². The van der Waals surface area contributed by atoms with Crippen LogP contribution in [-0.2, 0) is 14.3 Å². The number of ether oxygens (including phenoxy) is 2. The predicted molar refractivity (Wildman–Crippen MR) is 101 cm³/mol. The summed E-state index contributed by atoms with van der Waals surface area (Å²) in [4.78, 5) is 47.9. The topological polar surface area (TPSA) is 154 Å². The van der Waals surface area contributed by atoms with Crippen molar-refractivity contribution >= 4 is 5.97 Å². The van der Waals surface area contributed by atoms with Crippen LogP contribution in [0.2, 0.25) is 0 Å². The van der Waals surface area contributed by atoms with Crippen molar-refractivity contribution in [2.45, 2.75) is 24.9 Å². The molecule has 1 fully saturated rings. The molecule has 0 unspecified atom stereocenters. The van der Waals surface area contributed by atoms with Gasteiger partial charge in [0.2, 0.25) is 0 Å². The minimum atomic E-state index is -1.04. The number of hydrogen-bond donors (Lipinski definition) is 0. The summed E-state index contributed by atoms with van der Waals surface area (Å²) in [5, 5.41) is 13.8. The second kappa shape index (κ2) is 8.71. The van der Waals surface area contributed by atoms with Crippen LogP contribution in [0.3, 0.4) is 0 Å². The van der Waals surface area contributed by atoms with E-state index in [1.165, 1.54) is 34.2 Å². The van der Waals surface area contributed by atoms with Crippen molar-refractivity contribution in [3.05, 3.63) is 81.4 Å². The molecule has 3 aromatic rings. The predicted octanol–water partition coefficient (Wildman–Crippen LogP) is 0.545. The number of aromatic nitrogens is 5. The van der Waals surface area contributed by atoms with Gasteiger partial charge in [-0.15, -0.1) is 10.1 Å². The fraction of sp³-hybridized carbons (Fsp3) is 0.278. The molecular weight excluding hydrogens is 412 g/mol. The maximum atomic E-state index is 12.5. The minimum Gasteiger partial charge on any atom is -0.459 e. The molecule has 0 bridgehead atoms. The number of carbonyl (C=O) groups is 1. The third-order valence-electron chi connectivity index (χ3n) is 4.57. The van der Waals surface area contributed by atoms with E-state index in [9.17, 15) is 19.7 Å². The monoisotopic (exact) mass is 428 g/mol. The molecule has 1 aliphatic rings. The molecular formula is C18H16N6O7. The Hall–Kier alpha value is -4.13. The van der Waals surface area contributed by atoms with Crippen LogP contribution in [0, 0.1) is 10.1 Å². The molecule has 160 valence electrons. The molecule has 0 amide bonds. The zero-order chi connectivity index (χ0) is 21.8. The first-order valence-electron chi connectivity index (χ1n) is 9.14. The van der Waals surface area contributed by atoms with Gasteiger partial charge >= 0.3 is 11.7 Å². The molecule has 31 heavy (non-hydrogen) atoms. The Morgan fingerprint density at radius 3 is 2.77 bits per heavy atom. The molecule has 0 radical (unpaired) electrons. The van der Waals surface area contributed by atoms with E-state index in [0.29, 0.717) is 5.56 Å². The lowest BCUT2D eigenvalue weighted by Gasteiger charge is -2.17. The Balaban J connectivity index is 1.48. The van der Waals surface area contributed by atoms with Crippen LogP contribution in [-0.4, -0.2) is 54.2 Å². The highest BCUT2D eigenvalue weighted by molar-refractivity contribution is 5.89. The molecule has 2 aromatic heterocycles. The van der Waals surface area contributed by atoms with Crippen LogP contribution < -0.4 is 5.69 Å². The summed E-state index contributed by atoms with van der Waals surface area (Å²) in [5.74, 6) is -0.355. The Morgan fingerprint density at radius 1 is 1.29 bits per heavy atom. The molecule has 4 rings (SSSR count). The fourth-order valence-corrected chi connectivity index (χ4v) is 3.14. The number of hydrogen-bond acceptors (Lipinski definition) is 10. The molecule has 1 aromatic carbocycles. The summed E-state index contributed by atoms with van der Waals surface area (Å²) in [5.41, 5.74) is -0.326. The standard InChI is InChI=1S/C18H16N6O7/c25-17(12-4-2-1-3-5-12)29-9-14-13(31-24(27)28)8-16(30-14)22-7-6-15(21-18(22)26)23-11-19-10-20-23/h1-7,10-11,13-14,16H,8-9H2/t13-,14+,16+/m0/s1. The van der Waals surface area contributed by atoms with Crippen LogP contribution >= 0.6 is 0 Å². The van der Waals surface area contributed by atoms with Crippen LogP contribution in [0.15, 0.2) is 60.0 Å². The second-order valence-corrected chi connectivity index (χ2v) is 6.51. The van der Waals surface area contributed by atoms with E-state index in [4.69, 9.17) is 9.47 Å². The zero-order valence-electron chi connectivity index (χ0n) is 15.9. The van der Waals surface area contributed by atoms with Crippen molar-refractivity contribution in [3.8, 4) is 5.82 Å². The van der Waals surface area contributed by atoms with Crippen molar-refractivity contribution in [2.24, 2.45) is 0 Å². The van der Waals surface area contributed by atoms with E-state index < -0.39 is 35.2 Å². The van der Waals surface area contributed by atoms with Crippen molar-refractivity contribution in [1.29, 1.82) is 0 Å². The van der Waals surface area contributed by atoms with Gasteiger partial charge in [-0.2, -0.15) is 10.1 Å². The van der Waals surface area contributed by atoms with Crippen molar-refractivity contribution < 1.29 is 24.2 Å². The molecule has 13 nitrogen and oxygen atoms in total. The molecule has 1 aliphatic heterocycles. The fourth-order valence-electron chi connectivity index (χ4n) is 3.14. The summed E-state index contributed by atoms with van der Waals surface area (Å²) < 4.78 is 13.4. The summed E-state index contributed by atoms with van der Waals surface area (Å²) >= 11 is 0. The van der Waals surface area contributed by atoms with Gasteiger partial charge in [0.25, 0.3) is 5.09 Å². The third kappa shape index (κ3) is 4.56. The van der Waals surface area contributed by atoms with Gasteiger partial charge in [0.1, 0.15) is 37.7 Å². The number of esters is 1. The Bertz CT molecular complexity index is 1120.